The van der Waals surface area contributed by atoms with Crippen LogP contribution >= 0.6 is 0 Å². The Hall–Kier alpha value is -2.10. The molecule has 0 aliphatic rings. The molecule has 1 amide bonds. The van der Waals surface area contributed by atoms with Crippen molar-refractivity contribution < 1.29 is 36.2 Å². The van der Waals surface area contributed by atoms with Crippen molar-refractivity contribution in [2.45, 2.75) is 18.0 Å². The van der Waals surface area contributed by atoms with Gasteiger partial charge in [-0.05, 0) is 6.07 Å². The van der Waals surface area contributed by atoms with E-state index >= 15 is 0 Å². The molecule has 0 unspecified atom stereocenters. The molecular weight excluding hydrogens is 306 g/mol. The highest BCUT2D eigenvalue weighted by molar-refractivity contribution is 6.30. The average Bonchev–Trinajstić information content (AvgIpc) is 2.35. The van der Waals surface area contributed by atoms with Crippen LogP contribution in [0.2, 0.25) is 0 Å². The first-order valence-electron chi connectivity index (χ1n) is 5.22. The lowest BCUT2D eigenvalue weighted by Crippen LogP contribution is -2.54. The van der Waals surface area contributed by atoms with E-state index in [2.05, 4.69) is 0 Å². The van der Waals surface area contributed by atoms with Gasteiger partial charge in [-0.15, -0.1) is 0 Å². The van der Waals surface area contributed by atoms with Crippen LogP contribution in [-0.4, -0.2) is 29.6 Å². The first kappa shape index (κ1) is 17.0. The summed E-state index contributed by atoms with van der Waals surface area (Å²) in [4.78, 5) is 11.0. The number of aliphatic hydroxyl groups is 1. The highest BCUT2D eigenvalue weighted by Gasteiger charge is 2.72. The van der Waals surface area contributed by atoms with Crippen molar-refractivity contribution in [3.05, 3.63) is 29.8 Å². The van der Waals surface area contributed by atoms with Crippen molar-refractivity contribution in [2.75, 3.05) is 5.32 Å². The molecule has 4 nitrogen and oxygen atoms in total. The molecule has 0 radical (unpaired) electrons. The Kier molecular flexibility index (Phi) is 4.32. The number of anilines is 1. The fourth-order valence-electron chi connectivity index (χ4n) is 1.54. The van der Waals surface area contributed by atoms with Gasteiger partial charge in [-0.2, -0.15) is 26.3 Å². The largest absolute Gasteiger partial charge is 0.430 e. The number of carbonyl (C=O) groups excluding carboxylic acids is 1. The SMILES string of the molecule is N=CC(=O)Nc1ccccc1C(O)(C(F)(F)F)C(F)(F)F. The van der Waals surface area contributed by atoms with Gasteiger partial charge in [0.2, 0.25) is 0 Å². The molecule has 1 aromatic carbocycles. The van der Waals surface area contributed by atoms with Gasteiger partial charge in [0, 0.05) is 11.3 Å². The van der Waals surface area contributed by atoms with Crippen LogP contribution in [0.25, 0.3) is 0 Å². The summed E-state index contributed by atoms with van der Waals surface area (Å²) >= 11 is 0. The van der Waals surface area contributed by atoms with Gasteiger partial charge < -0.3 is 15.8 Å². The van der Waals surface area contributed by atoms with E-state index in [1.807, 2.05) is 0 Å². The van der Waals surface area contributed by atoms with Crippen LogP contribution in [-0.2, 0) is 10.4 Å². The molecule has 1 rings (SSSR count). The van der Waals surface area contributed by atoms with Gasteiger partial charge in [-0.3, -0.25) is 4.79 Å². The molecule has 10 heteroatoms. The Labute approximate surface area is 113 Å². The molecule has 0 fully saturated rings. The summed E-state index contributed by atoms with van der Waals surface area (Å²) in [5.74, 6) is -1.24. The minimum atomic E-state index is -6.06. The molecule has 0 bridgehead atoms. The van der Waals surface area contributed by atoms with Crippen LogP contribution in [0.1, 0.15) is 5.56 Å². The monoisotopic (exact) mass is 314 g/mol. The van der Waals surface area contributed by atoms with E-state index in [1.165, 1.54) is 0 Å². The van der Waals surface area contributed by atoms with Crippen molar-refractivity contribution in [3.8, 4) is 0 Å². The van der Waals surface area contributed by atoms with Crippen LogP contribution in [0.3, 0.4) is 0 Å². The number of amides is 1. The molecule has 21 heavy (non-hydrogen) atoms. The standard InChI is InChI=1S/C11H8F6N2O2/c12-10(13,14)9(21,11(15,16)17)6-3-1-2-4-7(6)19-8(20)5-18/h1-5,18,21H,(H,19,20). The minimum Gasteiger partial charge on any atom is -0.369 e. The van der Waals surface area contributed by atoms with Crippen molar-refractivity contribution >= 4 is 17.8 Å². The third-order valence-corrected chi connectivity index (χ3v) is 2.53. The summed E-state index contributed by atoms with van der Waals surface area (Å²) < 4.78 is 76.5. The van der Waals surface area contributed by atoms with Gasteiger partial charge in [0.05, 0.1) is 6.21 Å². The van der Waals surface area contributed by atoms with Crippen molar-refractivity contribution in [2.24, 2.45) is 0 Å². The smallest absolute Gasteiger partial charge is 0.369 e. The number of nitrogens with one attached hydrogen (secondary N) is 2. The number of hydrogen-bond donors (Lipinski definition) is 3. The molecular formula is C11H8F6N2O2. The van der Waals surface area contributed by atoms with E-state index in [1.54, 1.807) is 5.32 Å². The maximum absolute atomic E-state index is 12.8. The topological polar surface area (TPSA) is 73.2 Å². The van der Waals surface area contributed by atoms with Gasteiger partial charge in [0.15, 0.2) is 0 Å². The van der Waals surface area contributed by atoms with Crippen molar-refractivity contribution in [3.63, 3.8) is 0 Å². The zero-order valence-corrected chi connectivity index (χ0v) is 10.0. The third-order valence-electron chi connectivity index (χ3n) is 2.53. The van der Waals surface area contributed by atoms with E-state index in [0.717, 1.165) is 18.2 Å². The lowest BCUT2D eigenvalue weighted by molar-refractivity contribution is -0.376. The molecule has 0 spiro atoms. The van der Waals surface area contributed by atoms with Gasteiger partial charge in [-0.25, -0.2) is 0 Å². The second-order valence-corrected chi connectivity index (χ2v) is 3.89. The molecule has 3 N–H and O–H groups in total. The zero-order chi connectivity index (χ0) is 16.5. The quantitative estimate of drug-likeness (QED) is 0.593. The maximum atomic E-state index is 12.8. The molecule has 0 aromatic heterocycles. The number of para-hydroxylation sites is 1. The Bertz CT molecular complexity index is 538. The molecule has 0 aliphatic carbocycles. The summed E-state index contributed by atoms with van der Waals surface area (Å²) in [5.41, 5.74) is -7.63. The molecule has 0 saturated heterocycles. The minimum absolute atomic E-state index is 0.164. The average molecular weight is 314 g/mol. The van der Waals surface area contributed by atoms with Crippen LogP contribution in [0, 0.1) is 5.41 Å². The lowest BCUT2D eigenvalue weighted by atomic mass is 9.90. The summed E-state index contributed by atoms with van der Waals surface area (Å²) in [6.45, 7) is 0. The molecule has 116 valence electrons. The van der Waals surface area contributed by atoms with E-state index in [-0.39, 0.29) is 6.21 Å². The predicted octanol–water partition coefficient (Wildman–Crippen LogP) is 2.59. The van der Waals surface area contributed by atoms with Crippen LogP contribution in [0.15, 0.2) is 24.3 Å². The lowest BCUT2D eigenvalue weighted by Gasteiger charge is -2.33. The maximum Gasteiger partial charge on any atom is 0.430 e. The van der Waals surface area contributed by atoms with Gasteiger partial charge in [-0.1, -0.05) is 18.2 Å². The van der Waals surface area contributed by atoms with Gasteiger partial charge in [0.25, 0.3) is 11.5 Å². The molecule has 1 aromatic rings. The van der Waals surface area contributed by atoms with E-state index in [9.17, 15) is 36.2 Å². The van der Waals surface area contributed by atoms with Crippen molar-refractivity contribution in [1.82, 2.24) is 0 Å². The summed E-state index contributed by atoms with van der Waals surface area (Å²) in [6.07, 6.45) is -12.0. The zero-order valence-electron chi connectivity index (χ0n) is 10.0. The normalized spacial score (nSPS) is 12.9. The highest BCUT2D eigenvalue weighted by atomic mass is 19.4. The predicted molar refractivity (Wildman–Crippen MR) is 59.9 cm³/mol. The molecule has 0 saturated carbocycles. The van der Waals surface area contributed by atoms with Crippen LogP contribution < -0.4 is 5.32 Å². The van der Waals surface area contributed by atoms with Gasteiger partial charge in [0.1, 0.15) is 0 Å². The van der Waals surface area contributed by atoms with Crippen LogP contribution in [0.5, 0.6) is 0 Å². The van der Waals surface area contributed by atoms with E-state index in [4.69, 9.17) is 5.41 Å². The summed E-state index contributed by atoms with van der Waals surface area (Å²) in [7, 11) is 0. The second kappa shape index (κ2) is 5.35. The number of benzene rings is 1. The second-order valence-electron chi connectivity index (χ2n) is 3.89. The summed E-state index contributed by atoms with van der Waals surface area (Å²) in [5, 5.41) is 17.5. The number of halogens is 6. The Morgan fingerprint density at radius 1 is 1.10 bits per heavy atom. The number of carbonyl (C=O) groups is 1. The van der Waals surface area contributed by atoms with Crippen LogP contribution in [0.4, 0.5) is 32.0 Å². The Balaban J connectivity index is 3.54. The van der Waals surface area contributed by atoms with Crippen molar-refractivity contribution in [1.29, 1.82) is 5.41 Å². The highest BCUT2D eigenvalue weighted by Crippen LogP contribution is 2.51. The molecule has 0 heterocycles. The fourth-order valence-corrected chi connectivity index (χ4v) is 1.54. The molecule has 0 aliphatic heterocycles. The number of hydrogen-bond acceptors (Lipinski definition) is 3. The summed E-state index contributed by atoms with van der Waals surface area (Å²) in [6, 6.07) is 3.05. The van der Waals surface area contributed by atoms with Gasteiger partial charge >= 0.3 is 12.4 Å². The third kappa shape index (κ3) is 2.99. The number of rotatable bonds is 3. The van der Waals surface area contributed by atoms with E-state index < -0.39 is 35.1 Å². The Morgan fingerprint density at radius 3 is 2.00 bits per heavy atom. The molecule has 0 atom stereocenters. The van der Waals surface area contributed by atoms with E-state index in [0.29, 0.717) is 6.07 Å². The first-order valence-corrected chi connectivity index (χ1v) is 5.22. The number of alkyl halides is 6. The fraction of sp³-hybridized carbons (Fsp3) is 0.273. The first-order chi connectivity index (χ1) is 9.45. The Morgan fingerprint density at radius 2 is 1.57 bits per heavy atom.